The van der Waals surface area contributed by atoms with E-state index in [0.717, 1.165) is 11.2 Å². The van der Waals surface area contributed by atoms with Crippen molar-refractivity contribution in [1.29, 1.82) is 0 Å². The number of carbonyl (C=O) groups excluding carboxylic acids is 1. The van der Waals surface area contributed by atoms with Crippen LogP contribution >= 0.6 is 11.6 Å². The highest BCUT2D eigenvalue weighted by Crippen LogP contribution is 2.21. The first-order chi connectivity index (χ1) is 13.1. The van der Waals surface area contributed by atoms with E-state index in [1.54, 1.807) is 30.0 Å². The number of hydrogen-bond acceptors (Lipinski definition) is 5. The van der Waals surface area contributed by atoms with Crippen LogP contribution in [0.2, 0.25) is 5.28 Å². The van der Waals surface area contributed by atoms with Gasteiger partial charge in [-0.05, 0) is 42.8 Å². The average molecular weight is 383 g/mol. The molecule has 3 aromatic heterocycles. The van der Waals surface area contributed by atoms with Crippen molar-refractivity contribution in [3.05, 3.63) is 66.0 Å². The third-order valence-corrected chi connectivity index (χ3v) is 3.91. The predicted octanol–water partition coefficient (Wildman–Crippen LogP) is 4.54. The number of imidazole rings is 1. The quantitative estimate of drug-likeness (QED) is 0.524. The van der Waals surface area contributed by atoms with Crippen molar-refractivity contribution in [1.82, 2.24) is 24.1 Å². The number of carbonyl (C=O) groups is 1. The van der Waals surface area contributed by atoms with Crippen LogP contribution in [0.1, 0.15) is 31.1 Å². The van der Waals surface area contributed by atoms with E-state index >= 15 is 0 Å². The Balaban J connectivity index is 0.00000102. The lowest BCUT2D eigenvalue weighted by atomic mass is 10.1. The van der Waals surface area contributed by atoms with E-state index in [9.17, 15) is 4.79 Å². The van der Waals surface area contributed by atoms with Gasteiger partial charge < -0.3 is 9.88 Å². The molecule has 138 valence electrons. The minimum Gasteiger partial charge on any atom is -0.322 e. The molecular weight excluding hydrogens is 364 g/mol. The first kappa shape index (κ1) is 18.6. The number of hydrogen-bond donors (Lipinski definition) is 1. The molecule has 3 heterocycles. The van der Waals surface area contributed by atoms with Crippen LogP contribution in [0.5, 0.6) is 0 Å². The first-order valence-electron chi connectivity index (χ1n) is 8.53. The molecule has 0 radical (unpaired) electrons. The predicted molar refractivity (Wildman–Crippen MR) is 106 cm³/mol. The van der Waals surface area contributed by atoms with Crippen LogP contribution in [0, 0.1) is 0 Å². The van der Waals surface area contributed by atoms with Gasteiger partial charge in [0.25, 0.3) is 0 Å². The van der Waals surface area contributed by atoms with E-state index in [1.165, 1.54) is 0 Å². The van der Waals surface area contributed by atoms with Gasteiger partial charge in [0.05, 0.1) is 6.20 Å². The van der Waals surface area contributed by atoms with Crippen LogP contribution in [-0.2, 0) is 0 Å². The van der Waals surface area contributed by atoms with Gasteiger partial charge in [-0.3, -0.25) is 4.79 Å². The monoisotopic (exact) mass is 382 g/mol. The maximum atomic E-state index is 11.5. The van der Waals surface area contributed by atoms with Crippen molar-refractivity contribution in [2.75, 3.05) is 5.32 Å². The zero-order valence-corrected chi connectivity index (χ0v) is 16.0. The molecule has 0 amide bonds. The van der Waals surface area contributed by atoms with Gasteiger partial charge in [0, 0.05) is 17.4 Å². The van der Waals surface area contributed by atoms with Gasteiger partial charge in [-0.25, -0.2) is 9.50 Å². The molecule has 4 aromatic rings. The summed E-state index contributed by atoms with van der Waals surface area (Å²) in [7, 11) is 0. The van der Waals surface area contributed by atoms with Crippen LogP contribution < -0.4 is 5.32 Å². The molecule has 0 aliphatic rings. The third-order valence-electron chi connectivity index (χ3n) is 3.75. The second-order valence-electron chi connectivity index (χ2n) is 5.47. The fourth-order valence-electron chi connectivity index (χ4n) is 2.54. The van der Waals surface area contributed by atoms with Crippen molar-refractivity contribution in [3.8, 4) is 5.69 Å². The normalized spacial score (nSPS) is 10.4. The minimum absolute atomic E-state index is 0.0200. The van der Waals surface area contributed by atoms with Crippen LogP contribution in [0.4, 0.5) is 11.6 Å². The van der Waals surface area contributed by atoms with Gasteiger partial charge >= 0.3 is 0 Å². The number of rotatable bonds is 4. The zero-order chi connectivity index (χ0) is 19.4. The second kappa shape index (κ2) is 8.01. The number of Topliss-reactive ketones (excluding diaryl/α,β-unsaturated/α-hetero) is 1. The molecule has 7 nitrogen and oxygen atoms in total. The molecule has 8 heteroatoms. The van der Waals surface area contributed by atoms with Crippen LogP contribution in [0.3, 0.4) is 0 Å². The molecule has 27 heavy (non-hydrogen) atoms. The minimum atomic E-state index is 0.0200. The molecule has 0 saturated carbocycles. The molecule has 0 aliphatic heterocycles. The summed E-state index contributed by atoms with van der Waals surface area (Å²) < 4.78 is 3.47. The molecule has 0 atom stereocenters. The lowest BCUT2D eigenvalue weighted by Gasteiger charge is -2.05. The Morgan fingerprint density at radius 3 is 2.78 bits per heavy atom. The van der Waals surface area contributed by atoms with E-state index < -0.39 is 0 Å². The number of ketones is 1. The number of anilines is 2. The SMILES string of the molecule is CC.CC(=O)c1cccc(-n2cnc(Nc3nc(Cl)nn4cccc34)c2)c1. The summed E-state index contributed by atoms with van der Waals surface area (Å²) in [5, 5.41) is 7.38. The Morgan fingerprint density at radius 2 is 2.00 bits per heavy atom. The number of halogens is 1. The van der Waals surface area contributed by atoms with E-state index in [2.05, 4.69) is 20.4 Å². The second-order valence-corrected chi connectivity index (χ2v) is 5.80. The number of fused-ring (bicyclic) bond motifs is 1. The van der Waals surface area contributed by atoms with Crippen molar-refractivity contribution < 1.29 is 4.79 Å². The van der Waals surface area contributed by atoms with Gasteiger partial charge in [-0.15, -0.1) is 5.10 Å². The zero-order valence-electron chi connectivity index (χ0n) is 15.2. The fraction of sp³-hybridized carbons (Fsp3) is 0.158. The molecule has 1 aromatic carbocycles. The van der Waals surface area contributed by atoms with Crippen molar-refractivity contribution in [2.45, 2.75) is 20.8 Å². The molecule has 1 N–H and O–H groups in total. The summed E-state index contributed by atoms with van der Waals surface area (Å²) in [5.41, 5.74) is 2.29. The van der Waals surface area contributed by atoms with E-state index in [1.807, 2.05) is 54.9 Å². The molecule has 0 aliphatic carbocycles. The summed E-state index contributed by atoms with van der Waals surface area (Å²) in [6.07, 6.45) is 5.27. The van der Waals surface area contributed by atoms with E-state index in [4.69, 9.17) is 11.6 Å². The van der Waals surface area contributed by atoms with Crippen LogP contribution in [-0.4, -0.2) is 29.9 Å². The molecule has 0 bridgehead atoms. The highest BCUT2D eigenvalue weighted by molar-refractivity contribution is 6.28. The number of aromatic nitrogens is 5. The lowest BCUT2D eigenvalue weighted by Crippen LogP contribution is -2.01. The third kappa shape index (κ3) is 3.98. The van der Waals surface area contributed by atoms with Crippen LogP contribution in [0.15, 0.2) is 55.1 Å². The maximum Gasteiger partial charge on any atom is 0.243 e. The molecule has 0 unspecified atom stereocenters. The Bertz CT molecular complexity index is 1080. The van der Waals surface area contributed by atoms with Crippen molar-refractivity contribution >= 4 is 34.5 Å². The standard InChI is InChI=1S/C17H13ClN6O.C2H6/c1-11(25)12-4-2-5-13(8-12)23-9-15(19-10-23)20-16-14-6-3-7-24(14)22-17(18)21-16;1-2/h2-10H,1H3,(H,20,21,22);1-2H3. The highest BCUT2D eigenvalue weighted by atomic mass is 35.5. The van der Waals surface area contributed by atoms with Gasteiger partial charge in [0.2, 0.25) is 5.28 Å². The number of nitrogens with zero attached hydrogens (tertiary/aromatic N) is 5. The van der Waals surface area contributed by atoms with Gasteiger partial charge in [0.15, 0.2) is 11.6 Å². The summed E-state index contributed by atoms with van der Waals surface area (Å²) in [5.74, 6) is 1.19. The van der Waals surface area contributed by atoms with Crippen LogP contribution in [0.25, 0.3) is 11.2 Å². The lowest BCUT2D eigenvalue weighted by molar-refractivity contribution is 0.101. The summed E-state index contributed by atoms with van der Waals surface area (Å²) in [6.45, 7) is 5.54. The Labute approximate surface area is 161 Å². The Morgan fingerprint density at radius 1 is 1.19 bits per heavy atom. The first-order valence-corrected chi connectivity index (χ1v) is 8.91. The molecule has 0 fully saturated rings. The van der Waals surface area contributed by atoms with Gasteiger partial charge in [-0.2, -0.15) is 4.98 Å². The van der Waals surface area contributed by atoms with E-state index in [-0.39, 0.29) is 11.1 Å². The summed E-state index contributed by atoms with van der Waals surface area (Å²) in [6, 6.07) is 11.1. The topological polar surface area (TPSA) is 77.1 Å². The van der Waals surface area contributed by atoms with E-state index in [0.29, 0.717) is 17.2 Å². The van der Waals surface area contributed by atoms with Crippen molar-refractivity contribution in [3.63, 3.8) is 0 Å². The average Bonchev–Trinajstić information content (AvgIpc) is 3.33. The maximum absolute atomic E-state index is 11.5. The van der Waals surface area contributed by atoms with Gasteiger partial charge in [-0.1, -0.05) is 26.0 Å². The number of benzene rings is 1. The summed E-state index contributed by atoms with van der Waals surface area (Å²) >= 11 is 5.95. The van der Waals surface area contributed by atoms with Gasteiger partial charge in [0.1, 0.15) is 17.7 Å². The Kier molecular flexibility index (Phi) is 5.52. The molecule has 0 spiro atoms. The fourth-order valence-corrected chi connectivity index (χ4v) is 2.70. The highest BCUT2D eigenvalue weighted by Gasteiger charge is 2.09. The molecular formula is C19H19ClN6O. The molecule has 4 rings (SSSR count). The Hall–Kier alpha value is -3.19. The number of nitrogens with one attached hydrogen (secondary N) is 1. The smallest absolute Gasteiger partial charge is 0.243 e. The van der Waals surface area contributed by atoms with Crippen molar-refractivity contribution in [2.24, 2.45) is 0 Å². The summed E-state index contributed by atoms with van der Waals surface area (Å²) in [4.78, 5) is 20.1. The molecule has 0 saturated heterocycles. The largest absolute Gasteiger partial charge is 0.322 e.